The molecule has 178 valence electrons. The molecule has 3 heterocycles. The number of imidazole rings is 1. The molecule has 0 saturated carbocycles. The van der Waals surface area contributed by atoms with Crippen molar-refractivity contribution in [2.75, 3.05) is 7.11 Å². The molecule has 0 fully saturated rings. The van der Waals surface area contributed by atoms with Gasteiger partial charge in [0, 0.05) is 0 Å². The topological polar surface area (TPSA) is 98.6 Å². The minimum Gasteiger partial charge on any atom is -0.495 e. The number of nitrogens with zero attached hydrogens (tertiary/aromatic N) is 5. The summed E-state index contributed by atoms with van der Waals surface area (Å²) in [5.41, 5.74) is 3.15. The Hall–Kier alpha value is -3.43. The summed E-state index contributed by atoms with van der Waals surface area (Å²) in [4.78, 5) is 34.6. The fourth-order valence-electron chi connectivity index (χ4n) is 3.90. The first-order chi connectivity index (χ1) is 16.8. The Morgan fingerprint density at radius 3 is 2.74 bits per heavy atom. The Bertz CT molecular complexity index is 1620. The predicted octanol–water partition coefficient (Wildman–Crippen LogP) is 5.30. The number of thioether (sulfide) groups is 1. The van der Waals surface area contributed by atoms with E-state index in [2.05, 4.69) is 40.7 Å². The average molecular weight is 507 g/mol. The smallest absolute Gasteiger partial charge is 0.267 e. The van der Waals surface area contributed by atoms with Gasteiger partial charge in [-0.1, -0.05) is 56.3 Å². The van der Waals surface area contributed by atoms with E-state index in [4.69, 9.17) is 21.3 Å². The molecule has 5 aromatic rings. The van der Waals surface area contributed by atoms with Gasteiger partial charge in [0.05, 0.1) is 40.8 Å². The van der Waals surface area contributed by atoms with Gasteiger partial charge in [0.15, 0.2) is 5.65 Å². The van der Waals surface area contributed by atoms with Crippen LogP contribution in [0.4, 0.5) is 0 Å². The third-order valence-electron chi connectivity index (χ3n) is 5.73. The molecule has 0 saturated heterocycles. The monoisotopic (exact) mass is 506 g/mol. The number of halogens is 1. The van der Waals surface area contributed by atoms with Gasteiger partial charge in [-0.05, 0) is 35.2 Å². The van der Waals surface area contributed by atoms with E-state index in [0.29, 0.717) is 44.6 Å². The Kier molecular flexibility index (Phi) is 5.98. The summed E-state index contributed by atoms with van der Waals surface area (Å²) >= 11 is 7.90. The van der Waals surface area contributed by atoms with Crippen LogP contribution in [0.1, 0.15) is 32.2 Å². The second kappa shape index (κ2) is 8.98. The van der Waals surface area contributed by atoms with Crippen LogP contribution >= 0.6 is 23.4 Å². The molecule has 0 aliphatic carbocycles. The van der Waals surface area contributed by atoms with Crippen LogP contribution in [0.25, 0.3) is 27.8 Å². The van der Waals surface area contributed by atoms with E-state index in [0.717, 1.165) is 16.1 Å². The van der Waals surface area contributed by atoms with Gasteiger partial charge in [-0.2, -0.15) is 0 Å². The van der Waals surface area contributed by atoms with Crippen molar-refractivity contribution in [1.82, 2.24) is 29.5 Å². The molecule has 2 aromatic carbocycles. The largest absolute Gasteiger partial charge is 0.495 e. The molecule has 0 amide bonds. The lowest BCUT2D eigenvalue weighted by atomic mass is 9.86. The number of aromatic amines is 1. The quantitative estimate of drug-likeness (QED) is 0.255. The highest BCUT2D eigenvalue weighted by Gasteiger charge is 2.22. The summed E-state index contributed by atoms with van der Waals surface area (Å²) in [7, 11) is 1.59. The van der Waals surface area contributed by atoms with Gasteiger partial charge < -0.3 is 9.72 Å². The van der Waals surface area contributed by atoms with Crippen LogP contribution in [-0.4, -0.2) is 36.6 Å². The number of hydrogen-bond donors (Lipinski definition) is 1. The molecule has 0 bridgehead atoms. The van der Waals surface area contributed by atoms with Crippen molar-refractivity contribution in [3.63, 3.8) is 0 Å². The fourth-order valence-corrected chi connectivity index (χ4v) is 5.02. The zero-order valence-electron chi connectivity index (χ0n) is 19.7. The molecule has 1 N–H and O–H groups in total. The van der Waals surface area contributed by atoms with E-state index in [1.54, 1.807) is 36.2 Å². The lowest BCUT2D eigenvalue weighted by molar-refractivity contribution is 0.411. The maximum Gasteiger partial charge on any atom is 0.267 e. The number of H-pyrrole nitrogens is 1. The van der Waals surface area contributed by atoms with Crippen LogP contribution in [0.2, 0.25) is 5.02 Å². The minimum absolute atomic E-state index is 0.130. The minimum atomic E-state index is -0.255. The summed E-state index contributed by atoms with van der Waals surface area (Å²) in [5, 5.41) is 1.44. The molecule has 0 unspecified atom stereocenters. The van der Waals surface area contributed by atoms with Crippen molar-refractivity contribution in [3.05, 3.63) is 75.8 Å². The van der Waals surface area contributed by atoms with Gasteiger partial charge in [-0.3, -0.25) is 9.36 Å². The second-order valence-electron chi connectivity index (χ2n) is 9.01. The molecule has 0 atom stereocenters. The number of aromatic nitrogens is 6. The summed E-state index contributed by atoms with van der Waals surface area (Å²) in [6.07, 6.45) is 3.06. The maximum absolute atomic E-state index is 13.9. The van der Waals surface area contributed by atoms with Crippen LogP contribution in [0.3, 0.4) is 0 Å². The Morgan fingerprint density at radius 1 is 1.14 bits per heavy atom. The van der Waals surface area contributed by atoms with E-state index >= 15 is 0 Å². The van der Waals surface area contributed by atoms with Crippen LogP contribution in [-0.2, 0) is 11.2 Å². The summed E-state index contributed by atoms with van der Waals surface area (Å²) in [5.74, 6) is 1.48. The third-order valence-corrected chi connectivity index (χ3v) is 7.03. The van der Waals surface area contributed by atoms with Gasteiger partial charge in [-0.15, -0.1) is 0 Å². The number of hydrogen-bond acceptors (Lipinski definition) is 7. The van der Waals surface area contributed by atoms with Crippen LogP contribution < -0.4 is 10.3 Å². The van der Waals surface area contributed by atoms with E-state index in [9.17, 15) is 4.79 Å². The molecule has 8 nitrogen and oxygen atoms in total. The zero-order chi connectivity index (χ0) is 24.7. The van der Waals surface area contributed by atoms with Crippen molar-refractivity contribution >= 4 is 45.4 Å². The number of methoxy groups -OCH3 is 1. The van der Waals surface area contributed by atoms with Crippen LogP contribution in [0.15, 0.2) is 58.9 Å². The maximum atomic E-state index is 13.9. The number of ether oxygens (including phenoxy) is 1. The third kappa shape index (κ3) is 4.26. The summed E-state index contributed by atoms with van der Waals surface area (Å²) < 4.78 is 7.27. The first kappa shape index (κ1) is 23.3. The van der Waals surface area contributed by atoms with Gasteiger partial charge in [0.1, 0.15) is 28.4 Å². The van der Waals surface area contributed by atoms with Gasteiger partial charge in [0.2, 0.25) is 0 Å². The van der Waals surface area contributed by atoms with E-state index < -0.39 is 0 Å². The highest BCUT2D eigenvalue weighted by molar-refractivity contribution is 7.98. The highest BCUT2D eigenvalue weighted by atomic mass is 35.5. The van der Waals surface area contributed by atoms with Crippen LogP contribution in [0.5, 0.6) is 5.75 Å². The SMILES string of the molecule is COc1ccc(C(C)(C)C)cc1-n1c(CSc2ncnc3nc[nH]c23)nc2cccc(Cl)c2c1=O. The van der Waals surface area contributed by atoms with E-state index in [1.165, 1.54) is 18.1 Å². The van der Waals surface area contributed by atoms with Crippen molar-refractivity contribution in [2.24, 2.45) is 0 Å². The van der Waals surface area contributed by atoms with Crippen molar-refractivity contribution < 1.29 is 4.74 Å². The Morgan fingerprint density at radius 2 is 1.97 bits per heavy atom. The molecule has 0 spiro atoms. The van der Waals surface area contributed by atoms with Crippen molar-refractivity contribution in [2.45, 2.75) is 37.0 Å². The lowest BCUT2D eigenvalue weighted by Gasteiger charge is -2.22. The molecule has 0 aliphatic rings. The number of fused-ring (bicyclic) bond motifs is 2. The first-order valence-electron chi connectivity index (χ1n) is 10.9. The van der Waals surface area contributed by atoms with Gasteiger partial charge in [0.25, 0.3) is 5.56 Å². The molecule has 10 heteroatoms. The Balaban J connectivity index is 1.73. The molecule has 0 aliphatic heterocycles. The van der Waals surface area contributed by atoms with Crippen molar-refractivity contribution in [1.29, 1.82) is 0 Å². The molecular weight excluding hydrogens is 484 g/mol. The van der Waals surface area contributed by atoms with E-state index in [-0.39, 0.29) is 11.0 Å². The van der Waals surface area contributed by atoms with Crippen LogP contribution in [0, 0.1) is 0 Å². The second-order valence-corrected chi connectivity index (χ2v) is 10.4. The zero-order valence-corrected chi connectivity index (χ0v) is 21.2. The molecule has 35 heavy (non-hydrogen) atoms. The van der Waals surface area contributed by atoms with Gasteiger partial charge >= 0.3 is 0 Å². The average Bonchev–Trinajstić information content (AvgIpc) is 3.31. The first-order valence-corrected chi connectivity index (χ1v) is 12.3. The molecule has 0 radical (unpaired) electrons. The Labute approximate surface area is 210 Å². The summed E-state index contributed by atoms with van der Waals surface area (Å²) in [6, 6.07) is 11.2. The van der Waals surface area contributed by atoms with E-state index in [1.807, 2.05) is 18.2 Å². The normalized spacial score (nSPS) is 11.9. The molecule has 3 aromatic heterocycles. The van der Waals surface area contributed by atoms with Crippen molar-refractivity contribution in [3.8, 4) is 11.4 Å². The highest BCUT2D eigenvalue weighted by Crippen LogP contribution is 2.33. The predicted molar refractivity (Wildman–Crippen MR) is 139 cm³/mol. The lowest BCUT2D eigenvalue weighted by Crippen LogP contribution is -2.25. The number of nitrogens with one attached hydrogen (secondary N) is 1. The van der Waals surface area contributed by atoms with Gasteiger partial charge in [-0.25, -0.2) is 19.9 Å². The molecule has 5 rings (SSSR count). The molecular formula is C25H23ClN6O2S. The fraction of sp³-hybridized carbons (Fsp3) is 0.240. The number of rotatable bonds is 5. The standard InChI is InChI=1S/C25H23ClN6O2S/c1-25(2,3)14-8-9-18(34-4)17(10-14)32-19(31-16-7-5-6-15(26)20(16)24(32)33)11-35-23-21-22(28-12-27-21)29-13-30-23/h5-10,12-13H,11H2,1-4H3,(H,27,28,29,30). The summed E-state index contributed by atoms with van der Waals surface area (Å²) in [6.45, 7) is 6.37. The number of benzene rings is 2.